The first-order valence-electron chi connectivity index (χ1n) is 9.37. The Hall–Kier alpha value is -3.29. The van der Waals surface area contributed by atoms with Crippen molar-refractivity contribution in [2.24, 2.45) is 5.41 Å². The number of nitrogens with zero attached hydrogens (tertiary/aromatic N) is 6. The van der Waals surface area contributed by atoms with Crippen molar-refractivity contribution in [1.29, 1.82) is 0 Å². The van der Waals surface area contributed by atoms with E-state index in [-0.39, 0.29) is 11.3 Å². The summed E-state index contributed by atoms with van der Waals surface area (Å²) in [7, 11) is 0. The summed E-state index contributed by atoms with van der Waals surface area (Å²) in [6.07, 6.45) is 5.81. The summed E-state index contributed by atoms with van der Waals surface area (Å²) in [4.78, 5) is 29.4. The van der Waals surface area contributed by atoms with Crippen LogP contribution in [-0.2, 0) is 4.79 Å². The third-order valence-electron chi connectivity index (χ3n) is 5.88. The van der Waals surface area contributed by atoms with Crippen molar-refractivity contribution in [2.45, 2.75) is 13.3 Å². The van der Waals surface area contributed by atoms with E-state index in [1.165, 1.54) is 6.08 Å². The van der Waals surface area contributed by atoms with Gasteiger partial charge in [-0.2, -0.15) is 10.1 Å². The number of amides is 1. The lowest BCUT2D eigenvalue weighted by molar-refractivity contribution is -0.136. The van der Waals surface area contributed by atoms with Gasteiger partial charge in [0.05, 0.1) is 11.7 Å². The molecular formula is C20H21N7O. The van der Waals surface area contributed by atoms with Gasteiger partial charge in [-0.1, -0.05) is 12.6 Å². The normalized spacial score (nSPS) is 17.9. The summed E-state index contributed by atoms with van der Waals surface area (Å²) in [5.74, 6) is 1.36. The van der Waals surface area contributed by atoms with Gasteiger partial charge in [-0.05, 0) is 31.1 Å². The predicted octanol–water partition coefficient (Wildman–Crippen LogP) is 1.95. The molecule has 2 aliphatic rings. The summed E-state index contributed by atoms with van der Waals surface area (Å²) in [6.45, 7) is 8.91. The molecule has 1 amide bonds. The average Bonchev–Trinajstić information content (AvgIpc) is 3.33. The number of aromatic nitrogens is 5. The van der Waals surface area contributed by atoms with Crippen LogP contribution in [0.5, 0.6) is 0 Å². The molecule has 2 fully saturated rings. The molecule has 2 aromatic heterocycles. The number of benzene rings is 1. The van der Waals surface area contributed by atoms with Crippen LogP contribution >= 0.6 is 0 Å². The van der Waals surface area contributed by atoms with Crippen LogP contribution < -0.4 is 4.90 Å². The molecule has 8 nitrogen and oxygen atoms in total. The van der Waals surface area contributed by atoms with Gasteiger partial charge in [0, 0.05) is 42.5 Å². The minimum atomic E-state index is 0.00945. The van der Waals surface area contributed by atoms with Gasteiger partial charge < -0.3 is 9.80 Å². The maximum Gasteiger partial charge on any atom is 0.245 e. The Morgan fingerprint density at radius 2 is 2.14 bits per heavy atom. The smallest absolute Gasteiger partial charge is 0.245 e. The largest absolute Gasteiger partial charge is 0.340 e. The van der Waals surface area contributed by atoms with Crippen LogP contribution in [0.1, 0.15) is 12.0 Å². The van der Waals surface area contributed by atoms with E-state index in [1.54, 1.807) is 6.33 Å². The van der Waals surface area contributed by atoms with Crippen LogP contribution in [0.2, 0.25) is 0 Å². The highest BCUT2D eigenvalue weighted by molar-refractivity contribution is 5.94. The number of aromatic amines is 1. The molecule has 0 saturated carbocycles. The van der Waals surface area contributed by atoms with Crippen LogP contribution in [0, 0.1) is 12.3 Å². The molecule has 142 valence electrons. The summed E-state index contributed by atoms with van der Waals surface area (Å²) in [5, 5.41) is 8.16. The molecule has 0 aliphatic carbocycles. The second-order valence-corrected chi connectivity index (χ2v) is 7.77. The van der Waals surface area contributed by atoms with Crippen molar-refractivity contribution in [2.75, 3.05) is 31.1 Å². The van der Waals surface area contributed by atoms with E-state index in [2.05, 4.69) is 38.6 Å². The Morgan fingerprint density at radius 3 is 2.96 bits per heavy atom. The fourth-order valence-electron chi connectivity index (χ4n) is 4.40. The topological polar surface area (TPSA) is 90.9 Å². The Bertz CT molecular complexity index is 1080. The SMILES string of the molecule is C=CC(=O)N1CC2(CCN(c3ncnc(-c4c(C)ccc5[nH]ncc45)n3)C2)C1. The Morgan fingerprint density at radius 1 is 1.29 bits per heavy atom. The minimum absolute atomic E-state index is 0.00945. The van der Waals surface area contributed by atoms with E-state index in [9.17, 15) is 4.79 Å². The third kappa shape index (κ3) is 2.56. The second kappa shape index (κ2) is 6.12. The highest BCUT2D eigenvalue weighted by Gasteiger charge is 2.49. The number of H-pyrrole nitrogens is 1. The zero-order valence-corrected chi connectivity index (χ0v) is 15.7. The average molecular weight is 375 g/mol. The second-order valence-electron chi connectivity index (χ2n) is 7.77. The Labute approximate surface area is 162 Å². The van der Waals surface area contributed by atoms with E-state index in [0.717, 1.165) is 54.6 Å². The molecule has 0 bridgehead atoms. The molecule has 1 spiro atoms. The Kier molecular flexibility index (Phi) is 3.68. The number of nitrogens with one attached hydrogen (secondary N) is 1. The lowest BCUT2D eigenvalue weighted by Gasteiger charge is -2.47. The summed E-state index contributed by atoms with van der Waals surface area (Å²) >= 11 is 0. The molecule has 0 radical (unpaired) electrons. The standard InChI is InChI=1S/C20H21N7O/c1-3-16(28)27-10-20(11-27)6-7-26(9-20)19-22-12-21-18(24-19)17-13(2)4-5-15-14(17)8-23-25-15/h3-5,8,12H,1,6-7,9-11H2,2H3,(H,23,25). The van der Waals surface area contributed by atoms with Crippen molar-refractivity contribution in [3.63, 3.8) is 0 Å². The van der Waals surface area contributed by atoms with E-state index in [4.69, 9.17) is 4.98 Å². The molecule has 0 unspecified atom stereocenters. The number of anilines is 1. The van der Waals surface area contributed by atoms with Gasteiger partial charge in [0.25, 0.3) is 0 Å². The Balaban J connectivity index is 1.42. The highest BCUT2D eigenvalue weighted by atomic mass is 16.2. The fraction of sp³-hybridized carbons (Fsp3) is 0.350. The van der Waals surface area contributed by atoms with E-state index in [1.807, 2.05) is 23.2 Å². The number of rotatable bonds is 3. The number of carbonyl (C=O) groups is 1. The maximum absolute atomic E-state index is 11.8. The van der Waals surface area contributed by atoms with Crippen molar-refractivity contribution in [3.8, 4) is 11.4 Å². The number of hydrogen-bond acceptors (Lipinski definition) is 6. The molecule has 28 heavy (non-hydrogen) atoms. The van der Waals surface area contributed by atoms with Crippen LogP contribution in [0.3, 0.4) is 0 Å². The van der Waals surface area contributed by atoms with E-state index >= 15 is 0 Å². The van der Waals surface area contributed by atoms with E-state index < -0.39 is 0 Å². The van der Waals surface area contributed by atoms with Gasteiger partial charge in [-0.3, -0.25) is 9.89 Å². The van der Waals surface area contributed by atoms with Crippen LogP contribution in [0.4, 0.5) is 5.95 Å². The molecule has 8 heteroatoms. The summed E-state index contributed by atoms with van der Waals surface area (Å²) in [6, 6.07) is 4.06. The van der Waals surface area contributed by atoms with Gasteiger partial charge in [-0.15, -0.1) is 0 Å². The molecule has 5 rings (SSSR count). The summed E-state index contributed by atoms with van der Waals surface area (Å²) in [5.41, 5.74) is 3.19. The molecule has 4 heterocycles. The number of likely N-dealkylation sites (tertiary alicyclic amines) is 1. The van der Waals surface area contributed by atoms with Gasteiger partial charge in [-0.25, -0.2) is 9.97 Å². The van der Waals surface area contributed by atoms with Gasteiger partial charge in [0.1, 0.15) is 6.33 Å². The van der Waals surface area contributed by atoms with Crippen molar-refractivity contribution >= 4 is 22.8 Å². The van der Waals surface area contributed by atoms with Crippen molar-refractivity contribution in [3.05, 3.63) is 42.9 Å². The first-order chi connectivity index (χ1) is 13.6. The molecule has 2 aliphatic heterocycles. The van der Waals surface area contributed by atoms with Gasteiger partial charge >= 0.3 is 0 Å². The zero-order valence-electron chi connectivity index (χ0n) is 15.7. The molecule has 1 N–H and O–H groups in total. The number of hydrogen-bond donors (Lipinski definition) is 1. The molecule has 1 aromatic carbocycles. The first-order valence-corrected chi connectivity index (χ1v) is 9.37. The number of carbonyl (C=O) groups excluding carboxylic acids is 1. The fourth-order valence-corrected chi connectivity index (χ4v) is 4.40. The predicted molar refractivity (Wildman–Crippen MR) is 106 cm³/mol. The van der Waals surface area contributed by atoms with Gasteiger partial charge in [0.15, 0.2) is 5.82 Å². The first kappa shape index (κ1) is 16.9. The molecule has 3 aromatic rings. The minimum Gasteiger partial charge on any atom is -0.340 e. The van der Waals surface area contributed by atoms with Crippen molar-refractivity contribution in [1.82, 2.24) is 30.0 Å². The molecule has 0 atom stereocenters. The monoisotopic (exact) mass is 375 g/mol. The van der Waals surface area contributed by atoms with Crippen LogP contribution in [0.25, 0.3) is 22.3 Å². The zero-order chi connectivity index (χ0) is 19.3. The highest BCUT2D eigenvalue weighted by Crippen LogP contribution is 2.40. The quantitative estimate of drug-likeness (QED) is 0.704. The van der Waals surface area contributed by atoms with E-state index in [0.29, 0.717) is 11.8 Å². The lowest BCUT2D eigenvalue weighted by Crippen LogP contribution is -2.59. The third-order valence-corrected chi connectivity index (χ3v) is 5.88. The molecule has 2 saturated heterocycles. The lowest BCUT2D eigenvalue weighted by atomic mass is 9.79. The maximum atomic E-state index is 11.8. The number of fused-ring (bicyclic) bond motifs is 1. The van der Waals surface area contributed by atoms with Crippen LogP contribution in [-0.4, -0.2) is 62.1 Å². The summed E-state index contributed by atoms with van der Waals surface area (Å²) < 4.78 is 0. The molecular weight excluding hydrogens is 354 g/mol. The van der Waals surface area contributed by atoms with Crippen LogP contribution in [0.15, 0.2) is 37.3 Å². The number of aryl methyl sites for hydroxylation is 1. The van der Waals surface area contributed by atoms with Gasteiger partial charge in [0.2, 0.25) is 11.9 Å². The van der Waals surface area contributed by atoms with Crippen molar-refractivity contribution < 1.29 is 4.79 Å².